The first kappa shape index (κ1) is 15.3. The Labute approximate surface area is 124 Å². The van der Waals surface area contributed by atoms with Gasteiger partial charge in [0, 0.05) is 32.4 Å². The normalized spacial score (nSPS) is 20.4. The summed E-state index contributed by atoms with van der Waals surface area (Å²) in [5.74, 6) is 1.78. The lowest BCUT2D eigenvalue weighted by Gasteiger charge is -2.37. The van der Waals surface area contributed by atoms with Crippen LogP contribution in [0.25, 0.3) is 0 Å². The molecule has 0 N–H and O–H groups in total. The van der Waals surface area contributed by atoms with Crippen LogP contribution in [-0.4, -0.2) is 37.1 Å². The van der Waals surface area contributed by atoms with Crippen LogP contribution in [0.4, 0.5) is 5.82 Å². The molecule has 2 rings (SSSR count). The average Bonchev–Trinajstić information content (AvgIpc) is 2.39. The number of rotatable bonds is 4. The third kappa shape index (κ3) is 3.51. The highest BCUT2D eigenvalue weighted by atomic mass is 15.2. The first-order valence-electron chi connectivity index (χ1n) is 7.88. The molecule has 3 nitrogen and oxygen atoms in total. The molecular formula is C17H29N3. The lowest BCUT2D eigenvalue weighted by molar-refractivity contribution is 0.131. The van der Waals surface area contributed by atoms with E-state index in [1.807, 2.05) is 14.1 Å². The molecule has 0 amide bonds. The summed E-state index contributed by atoms with van der Waals surface area (Å²) in [6, 6.07) is 5.01. The Hall–Kier alpha value is -1.09. The van der Waals surface area contributed by atoms with Gasteiger partial charge in [-0.05, 0) is 43.9 Å². The van der Waals surface area contributed by atoms with Crippen molar-refractivity contribution in [3.05, 3.63) is 23.4 Å². The van der Waals surface area contributed by atoms with Crippen molar-refractivity contribution in [1.29, 1.82) is 0 Å². The molecule has 0 aromatic carbocycles. The number of piperidine rings is 1. The number of likely N-dealkylation sites (tertiary alicyclic amines) is 1. The molecule has 1 aromatic heterocycles. The molecule has 0 radical (unpaired) electrons. The van der Waals surface area contributed by atoms with Crippen molar-refractivity contribution in [1.82, 2.24) is 9.88 Å². The average molecular weight is 275 g/mol. The van der Waals surface area contributed by atoms with E-state index in [0.717, 1.165) is 11.7 Å². The van der Waals surface area contributed by atoms with Gasteiger partial charge in [-0.25, -0.2) is 4.98 Å². The molecule has 1 saturated heterocycles. The molecule has 1 fully saturated rings. The summed E-state index contributed by atoms with van der Waals surface area (Å²) in [5.41, 5.74) is 2.62. The van der Waals surface area contributed by atoms with Crippen molar-refractivity contribution in [3.63, 3.8) is 0 Å². The molecule has 0 spiro atoms. The van der Waals surface area contributed by atoms with Gasteiger partial charge < -0.3 is 4.90 Å². The Morgan fingerprint density at radius 1 is 1.30 bits per heavy atom. The van der Waals surface area contributed by atoms with Gasteiger partial charge in [-0.2, -0.15) is 0 Å². The van der Waals surface area contributed by atoms with Gasteiger partial charge in [0.15, 0.2) is 0 Å². The molecule has 112 valence electrons. The molecule has 1 atom stereocenters. The Kier molecular flexibility index (Phi) is 5.03. The lowest BCUT2D eigenvalue weighted by Crippen LogP contribution is -2.36. The number of hydrogen-bond acceptors (Lipinski definition) is 3. The number of nitrogens with zero attached hydrogens (tertiary/aromatic N) is 3. The van der Waals surface area contributed by atoms with E-state index in [1.165, 1.54) is 43.6 Å². The number of hydrogen-bond donors (Lipinski definition) is 0. The predicted molar refractivity (Wildman–Crippen MR) is 86.3 cm³/mol. The molecule has 1 unspecified atom stereocenters. The minimum Gasteiger partial charge on any atom is -0.363 e. The highest BCUT2D eigenvalue weighted by molar-refractivity contribution is 5.41. The summed E-state index contributed by atoms with van der Waals surface area (Å²) in [7, 11) is 4.10. The first-order chi connectivity index (χ1) is 9.49. The molecular weight excluding hydrogens is 246 g/mol. The van der Waals surface area contributed by atoms with Crippen LogP contribution in [0.5, 0.6) is 0 Å². The van der Waals surface area contributed by atoms with E-state index in [-0.39, 0.29) is 0 Å². The summed E-state index contributed by atoms with van der Waals surface area (Å²) < 4.78 is 0. The highest BCUT2D eigenvalue weighted by Crippen LogP contribution is 2.33. The maximum atomic E-state index is 4.76. The van der Waals surface area contributed by atoms with E-state index in [4.69, 9.17) is 4.98 Å². The van der Waals surface area contributed by atoms with Gasteiger partial charge in [-0.15, -0.1) is 0 Å². The minimum atomic E-state index is 0.565. The Morgan fingerprint density at radius 3 is 2.65 bits per heavy atom. The lowest BCUT2D eigenvalue weighted by atomic mass is 9.93. The van der Waals surface area contributed by atoms with Gasteiger partial charge in [-0.1, -0.05) is 26.3 Å². The van der Waals surface area contributed by atoms with Crippen LogP contribution in [0, 0.1) is 12.8 Å². The fourth-order valence-corrected chi connectivity index (χ4v) is 3.19. The van der Waals surface area contributed by atoms with Crippen LogP contribution in [0.15, 0.2) is 12.1 Å². The van der Waals surface area contributed by atoms with Crippen molar-refractivity contribution < 1.29 is 0 Å². The molecule has 0 saturated carbocycles. The van der Waals surface area contributed by atoms with Gasteiger partial charge >= 0.3 is 0 Å². The second-order valence-corrected chi connectivity index (χ2v) is 6.64. The molecule has 1 aliphatic heterocycles. The summed E-state index contributed by atoms with van der Waals surface area (Å²) >= 11 is 0. The minimum absolute atomic E-state index is 0.565. The van der Waals surface area contributed by atoms with Crippen molar-refractivity contribution in [3.8, 4) is 0 Å². The zero-order valence-electron chi connectivity index (χ0n) is 13.7. The van der Waals surface area contributed by atoms with E-state index >= 15 is 0 Å². The van der Waals surface area contributed by atoms with E-state index in [9.17, 15) is 0 Å². The van der Waals surface area contributed by atoms with Gasteiger partial charge in [0.1, 0.15) is 5.82 Å². The third-order valence-electron chi connectivity index (χ3n) is 4.14. The summed E-state index contributed by atoms with van der Waals surface area (Å²) in [6.07, 6.45) is 3.95. The SMILES string of the molecule is Cc1nc(N(C)C)ccc1C1CCCCN1CC(C)C. The fourth-order valence-electron chi connectivity index (χ4n) is 3.19. The summed E-state index contributed by atoms with van der Waals surface area (Å²) in [6.45, 7) is 9.21. The fraction of sp³-hybridized carbons (Fsp3) is 0.706. The monoisotopic (exact) mass is 275 g/mol. The molecule has 0 aliphatic carbocycles. The zero-order chi connectivity index (χ0) is 14.7. The molecule has 1 aromatic rings. The number of pyridine rings is 1. The molecule has 0 bridgehead atoms. The maximum absolute atomic E-state index is 4.76. The third-order valence-corrected chi connectivity index (χ3v) is 4.14. The Morgan fingerprint density at radius 2 is 2.05 bits per heavy atom. The van der Waals surface area contributed by atoms with Crippen molar-refractivity contribution >= 4 is 5.82 Å². The Bertz CT molecular complexity index is 440. The maximum Gasteiger partial charge on any atom is 0.128 e. The van der Waals surface area contributed by atoms with Crippen molar-refractivity contribution in [2.24, 2.45) is 5.92 Å². The summed E-state index contributed by atoms with van der Waals surface area (Å²) in [4.78, 5) is 9.49. The van der Waals surface area contributed by atoms with E-state index in [1.54, 1.807) is 0 Å². The van der Waals surface area contributed by atoms with E-state index in [2.05, 4.69) is 42.7 Å². The number of aryl methyl sites for hydroxylation is 1. The second-order valence-electron chi connectivity index (χ2n) is 6.64. The van der Waals surface area contributed by atoms with Gasteiger partial charge in [0.25, 0.3) is 0 Å². The second kappa shape index (κ2) is 6.57. The van der Waals surface area contributed by atoms with Crippen LogP contribution in [0.3, 0.4) is 0 Å². The van der Waals surface area contributed by atoms with Crippen LogP contribution < -0.4 is 4.90 Å². The first-order valence-corrected chi connectivity index (χ1v) is 7.88. The van der Waals surface area contributed by atoms with Crippen LogP contribution in [0.1, 0.15) is 50.4 Å². The molecule has 3 heteroatoms. The number of aromatic nitrogens is 1. The largest absolute Gasteiger partial charge is 0.363 e. The van der Waals surface area contributed by atoms with Crippen molar-refractivity contribution in [2.45, 2.75) is 46.1 Å². The van der Waals surface area contributed by atoms with Crippen LogP contribution in [-0.2, 0) is 0 Å². The number of anilines is 1. The Balaban J connectivity index is 2.23. The van der Waals surface area contributed by atoms with Crippen molar-refractivity contribution in [2.75, 3.05) is 32.1 Å². The molecule has 2 heterocycles. The van der Waals surface area contributed by atoms with Crippen LogP contribution in [0.2, 0.25) is 0 Å². The van der Waals surface area contributed by atoms with Gasteiger partial charge in [0.05, 0.1) is 0 Å². The molecule has 1 aliphatic rings. The predicted octanol–water partition coefficient (Wildman–Crippen LogP) is 3.64. The summed E-state index contributed by atoms with van der Waals surface area (Å²) in [5, 5.41) is 0. The highest BCUT2D eigenvalue weighted by Gasteiger charge is 2.26. The van der Waals surface area contributed by atoms with Crippen LogP contribution >= 0.6 is 0 Å². The van der Waals surface area contributed by atoms with Gasteiger partial charge in [-0.3, -0.25) is 4.90 Å². The van der Waals surface area contributed by atoms with Gasteiger partial charge in [0.2, 0.25) is 0 Å². The molecule has 20 heavy (non-hydrogen) atoms. The smallest absolute Gasteiger partial charge is 0.128 e. The topological polar surface area (TPSA) is 19.4 Å². The van der Waals surface area contributed by atoms with E-state index in [0.29, 0.717) is 6.04 Å². The zero-order valence-corrected chi connectivity index (χ0v) is 13.7. The quantitative estimate of drug-likeness (QED) is 0.836. The van der Waals surface area contributed by atoms with E-state index < -0.39 is 0 Å². The standard InChI is InChI=1S/C17H29N3/c1-13(2)12-20-11-7-6-8-16(20)15-9-10-17(19(4)5)18-14(15)3/h9-10,13,16H,6-8,11-12H2,1-5H3.